The molecular weight excluding hydrogens is 348 g/mol. The first kappa shape index (κ1) is 16.6. The number of rotatable bonds is 3. The molecule has 7 heteroatoms. The van der Waals surface area contributed by atoms with Gasteiger partial charge in [-0.05, 0) is 48.7 Å². The number of para-hydroxylation sites is 1. The van der Waals surface area contributed by atoms with E-state index in [1.807, 2.05) is 0 Å². The fourth-order valence-corrected chi connectivity index (χ4v) is 3.31. The van der Waals surface area contributed by atoms with Gasteiger partial charge < -0.3 is 10.3 Å². The van der Waals surface area contributed by atoms with Gasteiger partial charge in [0.2, 0.25) is 5.91 Å². The van der Waals surface area contributed by atoms with Gasteiger partial charge in [-0.3, -0.25) is 4.79 Å². The summed E-state index contributed by atoms with van der Waals surface area (Å²) in [5.41, 5.74) is -0.827. The number of benzene rings is 2. The molecule has 1 aliphatic rings. The second-order valence-electron chi connectivity index (χ2n) is 6.47. The minimum atomic E-state index is -4.56. The largest absolute Gasteiger partial charge is 0.418 e. The molecule has 26 heavy (non-hydrogen) atoms. The maximum atomic E-state index is 13.6. The van der Waals surface area contributed by atoms with Crippen LogP contribution in [0.3, 0.4) is 0 Å². The molecule has 4 rings (SSSR count). The summed E-state index contributed by atoms with van der Waals surface area (Å²) >= 11 is 0. The number of aromatic nitrogens is 1. The van der Waals surface area contributed by atoms with E-state index in [0.717, 1.165) is 6.07 Å². The van der Waals surface area contributed by atoms with Gasteiger partial charge in [0.05, 0.1) is 16.7 Å². The molecule has 1 amide bonds. The summed E-state index contributed by atoms with van der Waals surface area (Å²) in [7, 11) is 0. The number of fused-ring (bicyclic) bond motifs is 1. The van der Waals surface area contributed by atoms with Crippen LogP contribution in [0.1, 0.15) is 24.0 Å². The van der Waals surface area contributed by atoms with E-state index in [-0.39, 0.29) is 5.69 Å². The van der Waals surface area contributed by atoms with Crippen LogP contribution in [-0.2, 0) is 16.4 Å². The van der Waals surface area contributed by atoms with E-state index in [1.54, 1.807) is 12.3 Å². The first-order valence-corrected chi connectivity index (χ1v) is 8.06. The summed E-state index contributed by atoms with van der Waals surface area (Å²) < 4.78 is 53.0. The Bertz CT molecular complexity index is 1000. The van der Waals surface area contributed by atoms with Crippen molar-refractivity contribution in [3.8, 4) is 0 Å². The Kier molecular flexibility index (Phi) is 3.57. The number of hydrogen-bond donors (Lipinski definition) is 2. The lowest BCUT2D eigenvalue weighted by Crippen LogP contribution is -2.28. The fourth-order valence-electron chi connectivity index (χ4n) is 3.31. The molecule has 0 unspecified atom stereocenters. The van der Waals surface area contributed by atoms with E-state index in [4.69, 9.17) is 0 Å². The molecule has 1 fully saturated rings. The molecule has 0 radical (unpaired) electrons. The van der Waals surface area contributed by atoms with E-state index in [1.165, 1.54) is 30.3 Å². The number of carbonyl (C=O) groups excluding carboxylic acids is 1. The molecule has 134 valence electrons. The minimum absolute atomic E-state index is 0.276. The highest BCUT2D eigenvalue weighted by Crippen LogP contribution is 2.51. The van der Waals surface area contributed by atoms with Crippen molar-refractivity contribution < 1.29 is 22.4 Å². The van der Waals surface area contributed by atoms with Gasteiger partial charge in [0.1, 0.15) is 5.82 Å². The molecule has 1 heterocycles. The Morgan fingerprint density at radius 2 is 1.85 bits per heavy atom. The SMILES string of the molecule is O=C(Nc1ccccc1C(F)(F)F)C1(c2c[nH]c3ccc(F)cc23)CC1. The highest BCUT2D eigenvalue weighted by atomic mass is 19.4. The van der Waals surface area contributed by atoms with E-state index >= 15 is 0 Å². The molecule has 0 saturated heterocycles. The molecule has 3 nitrogen and oxygen atoms in total. The monoisotopic (exact) mass is 362 g/mol. The van der Waals surface area contributed by atoms with Crippen molar-refractivity contribution in [1.82, 2.24) is 4.98 Å². The quantitative estimate of drug-likeness (QED) is 0.633. The summed E-state index contributed by atoms with van der Waals surface area (Å²) in [4.78, 5) is 15.8. The van der Waals surface area contributed by atoms with Crippen molar-refractivity contribution >= 4 is 22.5 Å². The Hall–Kier alpha value is -2.83. The molecule has 2 aromatic carbocycles. The van der Waals surface area contributed by atoms with Crippen molar-refractivity contribution in [1.29, 1.82) is 0 Å². The number of H-pyrrole nitrogens is 1. The highest BCUT2D eigenvalue weighted by molar-refractivity contribution is 6.05. The van der Waals surface area contributed by atoms with Crippen LogP contribution in [0.15, 0.2) is 48.7 Å². The molecule has 0 atom stereocenters. The molecule has 3 aromatic rings. The zero-order chi connectivity index (χ0) is 18.5. The Morgan fingerprint density at radius 1 is 1.12 bits per heavy atom. The van der Waals surface area contributed by atoms with Crippen LogP contribution in [0.4, 0.5) is 23.2 Å². The second kappa shape index (κ2) is 5.59. The maximum Gasteiger partial charge on any atom is 0.418 e. The smallest absolute Gasteiger partial charge is 0.361 e. The summed E-state index contributed by atoms with van der Waals surface area (Å²) in [5, 5.41) is 2.99. The Labute approximate surface area is 146 Å². The van der Waals surface area contributed by atoms with Gasteiger partial charge in [0, 0.05) is 17.1 Å². The highest BCUT2D eigenvalue weighted by Gasteiger charge is 2.53. The molecule has 1 aromatic heterocycles. The van der Waals surface area contributed by atoms with Crippen LogP contribution in [0.2, 0.25) is 0 Å². The molecule has 2 N–H and O–H groups in total. The summed E-state index contributed by atoms with van der Waals surface area (Å²) in [5.74, 6) is -0.948. The van der Waals surface area contributed by atoms with E-state index in [2.05, 4.69) is 10.3 Å². The van der Waals surface area contributed by atoms with Gasteiger partial charge >= 0.3 is 6.18 Å². The minimum Gasteiger partial charge on any atom is -0.361 e. The third kappa shape index (κ3) is 2.64. The number of alkyl halides is 3. The second-order valence-corrected chi connectivity index (χ2v) is 6.47. The maximum absolute atomic E-state index is 13.6. The lowest BCUT2D eigenvalue weighted by Gasteiger charge is -2.18. The van der Waals surface area contributed by atoms with Crippen molar-refractivity contribution in [2.75, 3.05) is 5.32 Å². The number of carbonyl (C=O) groups is 1. The van der Waals surface area contributed by atoms with Crippen LogP contribution < -0.4 is 5.32 Å². The van der Waals surface area contributed by atoms with Gasteiger partial charge in [-0.25, -0.2) is 4.39 Å². The molecule has 0 bridgehead atoms. The van der Waals surface area contributed by atoms with Crippen molar-refractivity contribution in [2.24, 2.45) is 0 Å². The van der Waals surface area contributed by atoms with Crippen LogP contribution in [-0.4, -0.2) is 10.9 Å². The average molecular weight is 362 g/mol. The molecular formula is C19H14F4N2O. The third-order valence-electron chi connectivity index (χ3n) is 4.82. The standard InChI is InChI=1S/C19H14F4N2O/c20-11-5-6-15-12(9-11)14(10-24-15)18(7-8-18)17(26)25-16-4-2-1-3-13(16)19(21,22)23/h1-6,9-10,24H,7-8H2,(H,25,26). The lowest BCUT2D eigenvalue weighted by molar-refractivity contribution is -0.137. The van der Waals surface area contributed by atoms with Gasteiger partial charge in [-0.15, -0.1) is 0 Å². The summed E-state index contributed by atoms with van der Waals surface area (Å²) in [6, 6.07) is 9.07. The van der Waals surface area contributed by atoms with Gasteiger partial charge in [-0.2, -0.15) is 13.2 Å². The van der Waals surface area contributed by atoms with Gasteiger partial charge in [0.25, 0.3) is 0 Å². The predicted molar refractivity (Wildman–Crippen MR) is 89.2 cm³/mol. The number of nitrogens with one attached hydrogen (secondary N) is 2. The molecule has 1 aliphatic carbocycles. The number of hydrogen-bond acceptors (Lipinski definition) is 1. The topological polar surface area (TPSA) is 44.9 Å². The molecule has 1 saturated carbocycles. The van der Waals surface area contributed by atoms with Crippen LogP contribution in [0, 0.1) is 5.82 Å². The van der Waals surface area contributed by atoms with E-state index in [9.17, 15) is 22.4 Å². The van der Waals surface area contributed by atoms with E-state index in [0.29, 0.717) is 29.3 Å². The number of anilines is 1. The Morgan fingerprint density at radius 3 is 2.54 bits per heavy atom. The van der Waals surface area contributed by atoms with Crippen LogP contribution >= 0.6 is 0 Å². The summed E-state index contributed by atoms with van der Waals surface area (Å²) in [6.45, 7) is 0. The van der Waals surface area contributed by atoms with E-state index < -0.39 is 28.9 Å². The average Bonchev–Trinajstić information content (AvgIpc) is 3.29. The Balaban J connectivity index is 1.70. The molecule has 0 aliphatic heterocycles. The summed E-state index contributed by atoms with van der Waals surface area (Å²) in [6.07, 6.45) is -1.94. The van der Waals surface area contributed by atoms with Crippen molar-refractivity contribution in [3.05, 3.63) is 65.6 Å². The normalized spacial score (nSPS) is 15.8. The number of halogens is 4. The number of amides is 1. The van der Waals surface area contributed by atoms with Crippen molar-refractivity contribution in [2.45, 2.75) is 24.4 Å². The predicted octanol–water partition coefficient (Wildman–Crippen LogP) is 5.00. The zero-order valence-corrected chi connectivity index (χ0v) is 13.5. The van der Waals surface area contributed by atoms with Crippen molar-refractivity contribution in [3.63, 3.8) is 0 Å². The van der Waals surface area contributed by atoms with Crippen LogP contribution in [0.5, 0.6) is 0 Å². The van der Waals surface area contributed by atoms with Gasteiger partial charge in [-0.1, -0.05) is 12.1 Å². The third-order valence-corrected chi connectivity index (χ3v) is 4.82. The molecule has 0 spiro atoms. The lowest BCUT2D eigenvalue weighted by atomic mass is 9.94. The first-order valence-electron chi connectivity index (χ1n) is 8.06. The number of aromatic amines is 1. The van der Waals surface area contributed by atoms with Gasteiger partial charge in [0.15, 0.2) is 0 Å². The first-order chi connectivity index (χ1) is 12.3. The van der Waals surface area contributed by atoms with Crippen LogP contribution in [0.25, 0.3) is 10.9 Å². The fraction of sp³-hybridized carbons (Fsp3) is 0.211. The zero-order valence-electron chi connectivity index (χ0n) is 13.5.